The van der Waals surface area contributed by atoms with Crippen LogP contribution in [-0.2, 0) is 9.47 Å². The molecule has 2 nitrogen and oxygen atoms in total. The van der Waals surface area contributed by atoms with E-state index in [0.29, 0.717) is 0 Å². The predicted octanol–water partition coefficient (Wildman–Crippen LogP) is 5.13. The highest BCUT2D eigenvalue weighted by molar-refractivity contribution is 5.17. The Morgan fingerprint density at radius 1 is 0.682 bits per heavy atom. The van der Waals surface area contributed by atoms with Gasteiger partial charge in [-0.1, -0.05) is 61.4 Å². The van der Waals surface area contributed by atoms with Gasteiger partial charge in [0.2, 0.25) is 0 Å². The molecular formula is C20H30O2. The Balaban J connectivity index is 1.46. The molecule has 2 aliphatic rings. The molecule has 0 bridgehead atoms. The fourth-order valence-electron chi connectivity index (χ4n) is 2.80. The van der Waals surface area contributed by atoms with E-state index in [1.807, 2.05) is 0 Å². The molecule has 22 heavy (non-hydrogen) atoms. The SMILES string of the molecule is CC1(OCCCCCCOC2(C)C=CC=CC2)C=CC=CC1. The van der Waals surface area contributed by atoms with Gasteiger partial charge in [0.05, 0.1) is 11.2 Å². The van der Waals surface area contributed by atoms with Crippen molar-refractivity contribution in [3.05, 3.63) is 48.6 Å². The van der Waals surface area contributed by atoms with Crippen molar-refractivity contribution in [2.24, 2.45) is 0 Å². The molecule has 0 aliphatic heterocycles. The molecule has 0 amide bonds. The average Bonchev–Trinajstić information content (AvgIpc) is 2.51. The minimum absolute atomic E-state index is 0.0900. The fourth-order valence-corrected chi connectivity index (χ4v) is 2.80. The van der Waals surface area contributed by atoms with Gasteiger partial charge in [-0.3, -0.25) is 0 Å². The summed E-state index contributed by atoms with van der Waals surface area (Å²) in [6.45, 7) is 6.02. The van der Waals surface area contributed by atoms with Crippen molar-refractivity contribution in [3.63, 3.8) is 0 Å². The van der Waals surface area contributed by atoms with Crippen LogP contribution in [0.25, 0.3) is 0 Å². The van der Waals surface area contributed by atoms with Gasteiger partial charge in [-0.05, 0) is 39.5 Å². The molecule has 0 aromatic heterocycles. The van der Waals surface area contributed by atoms with Crippen molar-refractivity contribution in [3.8, 4) is 0 Å². The summed E-state index contributed by atoms with van der Waals surface area (Å²) < 4.78 is 12.0. The normalized spacial score (nSPS) is 30.1. The van der Waals surface area contributed by atoms with E-state index in [1.165, 1.54) is 12.8 Å². The molecule has 0 fully saturated rings. The number of hydrogen-bond donors (Lipinski definition) is 0. The molecule has 2 atom stereocenters. The number of rotatable bonds is 9. The zero-order valence-electron chi connectivity index (χ0n) is 14.1. The van der Waals surface area contributed by atoms with Gasteiger partial charge in [0, 0.05) is 13.2 Å². The average molecular weight is 302 g/mol. The summed E-state index contributed by atoms with van der Waals surface area (Å²) in [6, 6.07) is 0. The van der Waals surface area contributed by atoms with Crippen LogP contribution in [0.3, 0.4) is 0 Å². The van der Waals surface area contributed by atoms with Crippen LogP contribution in [0.5, 0.6) is 0 Å². The molecular weight excluding hydrogens is 272 g/mol. The van der Waals surface area contributed by atoms with Gasteiger partial charge >= 0.3 is 0 Å². The van der Waals surface area contributed by atoms with E-state index in [2.05, 4.69) is 62.5 Å². The van der Waals surface area contributed by atoms with Crippen molar-refractivity contribution in [2.75, 3.05) is 13.2 Å². The summed E-state index contributed by atoms with van der Waals surface area (Å²) >= 11 is 0. The van der Waals surface area contributed by atoms with E-state index in [0.717, 1.165) is 38.9 Å². The van der Waals surface area contributed by atoms with Gasteiger partial charge in [-0.2, -0.15) is 0 Å². The molecule has 0 aromatic carbocycles. The van der Waals surface area contributed by atoms with E-state index < -0.39 is 0 Å². The second-order valence-electron chi connectivity index (χ2n) is 6.72. The molecule has 0 heterocycles. The lowest BCUT2D eigenvalue weighted by Crippen LogP contribution is -2.27. The fraction of sp³-hybridized carbons (Fsp3) is 0.600. The van der Waals surface area contributed by atoms with Gasteiger partial charge in [-0.15, -0.1) is 0 Å². The summed E-state index contributed by atoms with van der Waals surface area (Å²) in [5.41, 5.74) is -0.180. The number of unbranched alkanes of at least 4 members (excludes halogenated alkanes) is 3. The summed E-state index contributed by atoms with van der Waals surface area (Å²) in [5.74, 6) is 0. The van der Waals surface area contributed by atoms with E-state index in [9.17, 15) is 0 Å². The molecule has 0 spiro atoms. The van der Waals surface area contributed by atoms with Crippen LogP contribution in [0.15, 0.2) is 48.6 Å². The monoisotopic (exact) mass is 302 g/mol. The second-order valence-corrected chi connectivity index (χ2v) is 6.72. The Morgan fingerprint density at radius 2 is 1.14 bits per heavy atom. The number of ether oxygens (including phenoxy) is 2. The summed E-state index contributed by atoms with van der Waals surface area (Å²) in [5, 5.41) is 0. The van der Waals surface area contributed by atoms with Crippen LogP contribution < -0.4 is 0 Å². The first-order valence-electron chi connectivity index (χ1n) is 8.59. The van der Waals surface area contributed by atoms with Crippen molar-refractivity contribution < 1.29 is 9.47 Å². The minimum atomic E-state index is -0.0900. The Bertz CT molecular complexity index is 405. The minimum Gasteiger partial charge on any atom is -0.371 e. The van der Waals surface area contributed by atoms with Crippen LogP contribution in [0.4, 0.5) is 0 Å². The highest BCUT2D eigenvalue weighted by atomic mass is 16.5. The Morgan fingerprint density at radius 3 is 1.50 bits per heavy atom. The maximum absolute atomic E-state index is 6.00. The van der Waals surface area contributed by atoms with Gasteiger partial charge in [-0.25, -0.2) is 0 Å². The lowest BCUT2D eigenvalue weighted by atomic mass is 9.97. The van der Waals surface area contributed by atoms with E-state index in [-0.39, 0.29) is 11.2 Å². The van der Waals surface area contributed by atoms with Crippen LogP contribution >= 0.6 is 0 Å². The van der Waals surface area contributed by atoms with Crippen LogP contribution in [0.1, 0.15) is 52.4 Å². The van der Waals surface area contributed by atoms with Crippen molar-refractivity contribution >= 4 is 0 Å². The first-order chi connectivity index (χ1) is 10.6. The van der Waals surface area contributed by atoms with Gasteiger partial charge in [0.1, 0.15) is 0 Å². The lowest BCUT2D eigenvalue weighted by Gasteiger charge is -2.27. The Hall–Kier alpha value is -1.12. The number of hydrogen-bond acceptors (Lipinski definition) is 2. The topological polar surface area (TPSA) is 18.5 Å². The van der Waals surface area contributed by atoms with E-state index in [4.69, 9.17) is 9.47 Å². The molecule has 0 N–H and O–H groups in total. The third-order valence-electron chi connectivity index (χ3n) is 4.34. The van der Waals surface area contributed by atoms with E-state index in [1.54, 1.807) is 0 Å². The van der Waals surface area contributed by atoms with Gasteiger partial charge < -0.3 is 9.47 Å². The second kappa shape index (κ2) is 8.50. The first kappa shape index (κ1) is 17.2. The molecule has 0 radical (unpaired) electrons. The highest BCUT2D eigenvalue weighted by Gasteiger charge is 2.21. The van der Waals surface area contributed by atoms with Crippen LogP contribution in [-0.4, -0.2) is 24.4 Å². The maximum atomic E-state index is 6.00. The molecule has 2 heteroatoms. The van der Waals surface area contributed by atoms with Crippen molar-refractivity contribution in [2.45, 2.75) is 63.6 Å². The molecule has 122 valence electrons. The smallest absolute Gasteiger partial charge is 0.0871 e. The Kier molecular flexibility index (Phi) is 6.66. The highest BCUT2D eigenvalue weighted by Crippen LogP contribution is 2.23. The zero-order valence-corrected chi connectivity index (χ0v) is 14.1. The summed E-state index contributed by atoms with van der Waals surface area (Å²) in [4.78, 5) is 0. The van der Waals surface area contributed by atoms with Crippen molar-refractivity contribution in [1.82, 2.24) is 0 Å². The molecule has 2 aliphatic carbocycles. The quantitative estimate of drug-likeness (QED) is 0.550. The third-order valence-corrected chi connectivity index (χ3v) is 4.34. The molecule has 2 unspecified atom stereocenters. The lowest BCUT2D eigenvalue weighted by molar-refractivity contribution is -0.000203. The predicted molar refractivity (Wildman–Crippen MR) is 93.0 cm³/mol. The molecule has 0 aromatic rings. The van der Waals surface area contributed by atoms with Gasteiger partial charge in [0.15, 0.2) is 0 Å². The first-order valence-corrected chi connectivity index (χ1v) is 8.59. The van der Waals surface area contributed by atoms with Crippen molar-refractivity contribution in [1.29, 1.82) is 0 Å². The Labute approximate surface area is 135 Å². The number of allylic oxidation sites excluding steroid dienone is 4. The zero-order chi connectivity index (χ0) is 15.7. The summed E-state index contributed by atoms with van der Waals surface area (Å²) in [6.07, 6.45) is 23.7. The van der Waals surface area contributed by atoms with Crippen LogP contribution in [0.2, 0.25) is 0 Å². The summed E-state index contributed by atoms with van der Waals surface area (Å²) in [7, 11) is 0. The van der Waals surface area contributed by atoms with Gasteiger partial charge in [0.25, 0.3) is 0 Å². The van der Waals surface area contributed by atoms with Crippen LogP contribution in [0, 0.1) is 0 Å². The largest absolute Gasteiger partial charge is 0.371 e. The third kappa shape index (κ3) is 5.94. The molecule has 0 saturated heterocycles. The maximum Gasteiger partial charge on any atom is 0.0871 e. The molecule has 2 rings (SSSR count). The standard InChI is InChI=1S/C20H30O2/c1-19(13-7-5-8-14-19)21-17-11-3-4-12-18-22-20(2)15-9-6-10-16-20/h5-10,13,15H,3-4,11-12,14,16-18H2,1-2H3. The van der Waals surface area contributed by atoms with E-state index >= 15 is 0 Å². The molecule has 0 saturated carbocycles.